The molecule has 3 fully saturated rings. The van der Waals surface area contributed by atoms with E-state index in [0.717, 1.165) is 76.6 Å². The molecule has 2 saturated heterocycles. The lowest BCUT2D eigenvalue weighted by Crippen LogP contribution is -2.63. The Balaban J connectivity index is 1.20. The van der Waals surface area contributed by atoms with Crippen molar-refractivity contribution in [2.45, 2.75) is 123 Å². The number of hydrogen-bond donors (Lipinski definition) is 4. The summed E-state index contributed by atoms with van der Waals surface area (Å²) in [6.07, 6.45) is 8.95. The molecule has 4 N–H and O–H groups in total. The van der Waals surface area contributed by atoms with Crippen LogP contribution in [0.25, 0.3) is 33.3 Å². The Labute approximate surface area is 376 Å². The van der Waals surface area contributed by atoms with E-state index in [2.05, 4.69) is 58.5 Å². The number of aromatic nitrogens is 2. The maximum Gasteiger partial charge on any atom is 0.324 e. The zero-order chi connectivity index (χ0) is 45.5. The zero-order valence-corrected chi connectivity index (χ0v) is 38.5. The van der Waals surface area contributed by atoms with Gasteiger partial charge in [-0.2, -0.15) is 0 Å². The summed E-state index contributed by atoms with van der Waals surface area (Å²) in [5.74, 6) is -1.83. The average Bonchev–Trinajstić information content (AvgIpc) is 3.84. The van der Waals surface area contributed by atoms with Gasteiger partial charge in [0.05, 0.1) is 24.8 Å². The van der Waals surface area contributed by atoms with Gasteiger partial charge in [0, 0.05) is 73.5 Å². The lowest BCUT2D eigenvalue weighted by Gasteiger charge is -2.45. The van der Waals surface area contributed by atoms with E-state index >= 15 is 0 Å². The molecule has 1 saturated carbocycles. The van der Waals surface area contributed by atoms with Crippen molar-refractivity contribution in [3.63, 3.8) is 0 Å². The molecule has 4 aliphatic rings. The fourth-order valence-electron chi connectivity index (χ4n) is 10.8. The first-order valence-electron chi connectivity index (χ1n) is 23.1. The van der Waals surface area contributed by atoms with E-state index in [4.69, 9.17) is 9.47 Å². The van der Waals surface area contributed by atoms with Gasteiger partial charge in [0.2, 0.25) is 11.8 Å². The normalized spacial score (nSPS) is 22.5. The topological polar surface area (TPSA) is 167 Å². The number of phenols is 1. The molecule has 8 rings (SSSR count). The summed E-state index contributed by atoms with van der Waals surface area (Å²) in [5.41, 5.74) is 9.77. The molecule has 3 aliphatic heterocycles. The number of esters is 1. The fraction of sp³-hybridized carbons (Fsp3) is 0.540. The standard InChI is InChI=1S/C50H65N7O7/c1-8-56-42-13-12-32-25-36(42)37(44(56)38-27-51-18-14-33(38)28-63-7)26-49(4,5)29-64-48(62)40-11-9-20-57(54-40)47(61)41(23-31-21-34(32)24-35(58)22-31)53-45(59)43(30(2)3)55(6)46(60)39-15-19-52-50(39)16-10-17-50/h12-14,18,21-22,24-25,27,30,39-41,43,52,54,58H,8-11,15-17,19-20,23,26,28-29H2,1-7H3,(H,53,59)/t39?,40-,41-,43-/m0/s1. The molecule has 4 aromatic rings. The predicted molar refractivity (Wildman–Crippen MR) is 245 cm³/mol. The van der Waals surface area contributed by atoms with Crippen LogP contribution in [0.3, 0.4) is 0 Å². The molecule has 14 nitrogen and oxygen atoms in total. The van der Waals surface area contributed by atoms with E-state index in [-0.39, 0.29) is 42.1 Å². The molecule has 3 amide bonds. The monoisotopic (exact) mass is 875 g/mol. The molecule has 64 heavy (non-hydrogen) atoms. The predicted octanol–water partition coefficient (Wildman–Crippen LogP) is 5.91. The van der Waals surface area contributed by atoms with Gasteiger partial charge < -0.3 is 34.7 Å². The number of rotatable bonds is 9. The highest BCUT2D eigenvalue weighted by Gasteiger charge is 2.52. The number of methoxy groups -OCH3 is 1. The summed E-state index contributed by atoms with van der Waals surface area (Å²) in [6, 6.07) is 10.8. The largest absolute Gasteiger partial charge is 0.508 e. The third kappa shape index (κ3) is 8.76. The number of phenolic OH excluding ortho intramolecular Hbond substituents is 1. The SMILES string of the molecule is CCn1c(-c2cnccc2COC)c2c3cc(ccc31)-c1cc(O)cc(c1)C[C@H](NC(=O)[C@H](C(C)C)N(C)C(=O)C1CCNC13CCC3)C(=O)N1CCC[C@H](N1)C(=O)OCC(C)(C)C2. The van der Waals surface area contributed by atoms with Crippen LogP contribution in [-0.4, -0.2) is 106 Å². The van der Waals surface area contributed by atoms with Crippen molar-refractivity contribution < 1.29 is 33.8 Å². The van der Waals surface area contributed by atoms with E-state index in [1.165, 1.54) is 5.01 Å². The Morgan fingerprint density at radius 2 is 1.88 bits per heavy atom. The maximum atomic E-state index is 14.7. The van der Waals surface area contributed by atoms with Gasteiger partial charge in [0.15, 0.2) is 0 Å². The highest BCUT2D eigenvalue weighted by molar-refractivity contribution is 5.96. The number of hydrazine groups is 1. The number of ether oxygens (including phenoxy) is 2. The molecule has 14 heteroatoms. The maximum absolute atomic E-state index is 14.7. The van der Waals surface area contributed by atoms with Gasteiger partial charge in [-0.15, -0.1) is 0 Å². The second-order valence-electron chi connectivity index (χ2n) is 19.6. The lowest BCUT2D eigenvalue weighted by molar-refractivity contribution is -0.155. The number of cyclic esters (lactones) is 1. The molecule has 342 valence electrons. The second-order valence-corrected chi connectivity index (χ2v) is 19.6. The number of carbonyl (C=O) groups excluding carboxylic acids is 4. The van der Waals surface area contributed by atoms with Crippen molar-refractivity contribution >= 4 is 34.6 Å². The first-order valence-corrected chi connectivity index (χ1v) is 23.1. The Hall–Kier alpha value is -5.31. The van der Waals surface area contributed by atoms with Gasteiger partial charge in [-0.05, 0) is 122 Å². The van der Waals surface area contributed by atoms with Crippen LogP contribution in [0, 0.1) is 17.3 Å². The van der Waals surface area contributed by atoms with Crippen LogP contribution in [0.5, 0.6) is 5.75 Å². The summed E-state index contributed by atoms with van der Waals surface area (Å²) in [7, 11) is 3.38. The first-order chi connectivity index (χ1) is 30.6. The summed E-state index contributed by atoms with van der Waals surface area (Å²) < 4.78 is 14.1. The second kappa shape index (κ2) is 18.3. The Bertz CT molecular complexity index is 2420. The van der Waals surface area contributed by atoms with E-state index in [9.17, 15) is 24.3 Å². The number of pyridine rings is 1. The summed E-state index contributed by atoms with van der Waals surface area (Å²) in [6.45, 7) is 12.4. The van der Waals surface area contributed by atoms with Gasteiger partial charge in [-0.3, -0.25) is 29.2 Å². The number of nitrogens with zero attached hydrogens (tertiary/aromatic N) is 4. The smallest absolute Gasteiger partial charge is 0.324 e. The minimum Gasteiger partial charge on any atom is -0.508 e. The van der Waals surface area contributed by atoms with E-state index < -0.39 is 41.3 Å². The summed E-state index contributed by atoms with van der Waals surface area (Å²) in [5, 5.41) is 20.4. The quantitative estimate of drug-likeness (QED) is 0.149. The first kappa shape index (κ1) is 45.3. The van der Waals surface area contributed by atoms with Crippen LogP contribution in [0.2, 0.25) is 0 Å². The van der Waals surface area contributed by atoms with Crippen molar-refractivity contribution in [1.29, 1.82) is 0 Å². The van der Waals surface area contributed by atoms with Crippen LogP contribution in [0.4, 0.5) is 0 Å². The molecule has 6 bridgehead atoms. The number of aromatic hydroxyl groups is 1. The summed E-state index contributed by atoms with van der Waals surface area (Å²) >= 11 is 0. The molecule has 5 heterocycles. The van der Waals surface area contributed by atoms with Crippen LogP contribution >= 0.6 is 0 Å². The third-order valence-corrected chi connectivity index (χ3v) is 14.1. The highest BCUT2D eigenvalue weighted by atomic mass is 16.5. The Morgan fingerprint density at radius 3 is 2.59 bits per heavy atom. The molecule has 1 spiro atoms. The van der Waals surface area contributed by atoms with E-state index in [1.807, 2.05) is 38.2 Å². The molecule has 0 radical (unpaired) electrons. The van der Waals surface area contributed by atoms with Crippen molar-refractivity contribution in [2.24, 2.45) is 17.3 Å². The molecule has 1 unspecified atom stereocenters. The van der Waals surface area contributed by atoms with Crippen molar-refractivity contribution in [3.05, 3.63) is 71.5 Å². The fourth-order valence-corrected chi connectivity index (χ4v) is 10.8. The minimum atomic E-state index is -1.10. The molecular weight excluding hydrogens is 811 g/mol. The number of hydrogen-bond acceptors (Lipinski definition) is 10. The molecular formula is C50H65N7O7. The van der Waals surface area contributed by atoms with Crippen molar-refractivity contribution in [1.82, 2.24) is 35.5 Å². The number of fused-ring (bicyclic) bond motifs is 6. The van der Waals surface area contributed by atoms with Crippen LogP contribution < -0.4 is 16.1 Å². The van der Waals surface area contributed by atoms with Crippen molar-refractivity contribution in [3.8, 4) is 28.1 Å². The molecule has 1 aliphatic carbocycles. The number of aryl methyl sites for hydroxylation is 1. The van der Waals surface area contributed by atoms with Crippen LogP contribution in [-0.2, 0) is 54.6 Å². The zero-order valence-electron chi connectivity index (χ0n) is 38.5. The van der Waals surface area contributed by atoms with E-state index in [0.29, 0.717) is 44.5 Å². The number of nitrogens with one attached hydrogen (secondary N) is 3. The summed E-state index contributed by atoms with van der Waals surface area (Å²) in [4.78, 5) is 63.5. The average molecular weight is 876 g/mol. The molecule has 2 aromatic heterocycles. The molecule has 2 aromatic carbocycles. The van der Waals surface area contributed by atoms with Gasteiger partial charge in [0.1, 0.15) is 23.9 Å². The number of benzene rings is 2. The number of amides is 3. The van der Waals surface area contributed by atoms with E-state index in [1.54, 1.807) is 37.4 Å². The Morgan fingerprint density at radius 1 is 1.08 bits per heavy atom. The van der Waals surface area contributed by atoms with Crippen LogP contribution in [0.1, 0.15) is 89.8 Å². The molecule has 4 atom stereocenters. The van der Waals surface area contributed by atoms with Crippen molar-refractivity contribution in [2.75, 3.05) is 33.9 Å². The number of likely N-dealkylation sites (N-methyl/N-ethyl adjacent to an activating group) is 1. The highest BCUT2D eigenvalue weighted by Crippen LogP contribution is 2.45. The van der Waals surface area contributed by atoms with Gasteiger partial charge in [-0.1, -0.05) is 39.8 Å². The minimum absolute atomic E-state index is 0.0201. The van der Waals surface area contributed by atoms with Gasteiger partial charge in [-0.25, -0.2) is 5.43 Å². The lowest BCUT2D eigenvalue weighted by atomic mass is 9.69. The number of carbonyl (C=O) groups is 4. The van der Waals surface area contributed by atoms with Crippen LogP contribution in [0.15, 0.2) is 54.9 Å². The Kier molecular flexibility index (Phi) is 12.9. The third-order valence-electron chi connectivity index (χ3n) is 14.1. The van der Waals surface area contributed by atoms with Gasteiger partial charge >= 0.3 is 5.97 Å². The van der Waals surface area contributed by atoms with Gasteiger partial charge in [0.25, 0.3) is 5.91 Å².